The first-order chi connectivity index (χ1) is 13.0. The Balaban J connectivity index is 1.76. The van der Waals surface area contributed by atoms with E-state index in [0.29, 0.717) is 12.2 Å². The number of carbonyl (C=O) groups excluding carboxylic acids is 1. The molecular formula is C20H19BrN2O3S. The molecule has 3 rings (SSSR count). The summed E-state index contributed by atoms with van der Waals surface area (Å²) in [5.41, 5.74) is 2.31. The molecule has 0 aliphatic rings. The molecule has 1 heterocycles. The zero-order valence-corrected chi connectivity index (χ0v) is 17.6. The van der Waals surface area contributed by atoms with Crippen molar-refractivity contribution in [2.75, 3.05) is 21.3 Å². The van der Waals surface area contributed by atoms with Gasteiger partial charge in [-0.3, -0.25) is 4.79 Å². The molecule has 3 aromatic rings. The van der Waals surface area contributed by atoms with E-state index in [0.717, 1.165) is 32.1 Å². The Labute approximate surface area is 170 Å². The van der Waals surface area contributed by atoms with E-state index in [1.54, 1.807) is 31.5 Å². The molecular weight excluding hydrogens is 428 g/mol. The van der Waals surface area contributed by atoms with Gasteiger partial charge in [-0.1, -0.05) is 15.9 Å². The summed E-state index contributed by atoms with van der Waals surface area (Å²) >= 11 is 4.90. The quantitative estimate of drug-likeness (QED) is 0.542. The number of benzene rings is 2. The summed E-state index contributed by atoms with van der Waals surface area (Å²) in [4.78, 5) is 18.9. The Hall–Kier alpha value is -2.38. The number of nitrogens with zero attached hydrogens (tertiary/aromatic N) is 2. The number of amides is 1. The van der Waals surface area contributed by atoms with Gasteiger partial charge < -0.3 is 14.4 Å². The van der Waals surface area contributed by atoms with Crippen LogP contribution in [0.5, 0.6) is 11.5 Å². The minimum Gasteiger partial charge on any atom is -0.497 e. The highest BCUT2D eigenvalue weighted by molar-refractivity contribution is 9.10. The maximum Gasteiger partial charge on any atom is 0.273 e. The predicted octanol–water partition coefficient (Wildman–Crippen LogP) is 4.86. The van der Waals surface area contributed by atoms with Gasteiger partial charge in [0.2, 0.25) is 0 Å². The summed E-state index contributed by atoms with van der Waals surface area (Å²) in [6, 6.07) is 13.4. The van der Waals surface area contributed by atoms with E-state index in [1.165, 1.54) is 11.3 Å². The Bertz CT molecular complexity index is 941. The fourth-order valence-electron chi connectivity index (χ4n) is 2.63. The molecule has 0 aliphatic heterocycles. The second kappa shape index (κ2) is 8.54. The summed E-state index contributed by atoms with van der Waals surface area (Å²) in [6.07, 6.45) is 0. The third-order valence-electron chi connectivity index (χ3n) is 4.06. The molecule has 5 nitrogen and oxygen atoms in total. The summed E-state index contributed by atoms with van der Waals surface area (Å²) in [5, 5.41) is 2.59. The van der Waals surface area contributed by atoms with Crippen LogP contribution in [0.4, 0.5) is 0 Å². The number of rotatable bonds is 6. The zero-order valence-electron chi connectivity index (χ0n) is 15.2. The van der Waals surface area contributed by atoms with Crippen molar-refractivity contribution in [3.8, 4) is 22.1 Å². The standard InChI is InChI=1S/C20H19BrN2O3S/c1-23(11-14-10-15(21)6-9-18(14)26-3)20(24)17-12-27-19(22-17)13-4-7-16(25-2)8-5-13/h4-10,12H,11H2,1-3H3. The van der Waals surface area contributed by atoms with Crippen LogP contribution in [0.15, 0.2) is 52.3 Å². The Morgan fingerprint density at radius 1 is 1.15 bits per heavy atom. The first kappa shape index (κ1) is 19.4. The highest BCUT2D eigenvalue weighted by Crippen LogP contribution is 2.27. The first-order valence-electron chi connectivity index (χ1n) is 8.19. The lowest BCUT2D eigenvalue weighted by Gasteiger charge is -2.18. The van der Waals surface area contributed by atoms with Crippen molar-refractivity contribution in [1.29, 1.82) is 0 Å². The molecule has 0 atom stereocenters. The smallest absolute Gasteiger partial charge is 0.273 e. The number of thiazole rings is 1. The molecule has 0 unspecified atom stereocenters. The van der Waals surface area contributed by atoms with E-state index in [-0.39, 0.29) is 5.91 Å². The lowest BCUT2D eigenvalue weighted by molar-refractivity contribution is 0.0779. The van der Waals surface area contributed by atoms with Crippen molar-refractivity contribution in [1.82, 2.24) is 9.88 Å². The van der Waals surface area contributed by atoms with E-state index in [4.69, 9.17) is 9.47 Å². The second-order valence-corrected chi connectivity index (χ2v) is 7.66. The molecule has 0 fully saturated rings. The molecule has 2 aromatic carbocycles. The van der Waals surface area contributed by atoms with Gasteiger partial charge in [0.15, 0.2) is 0 Å². The van der Waals surface area contributed by atoms with Gasteiger partial charge in [0, 0.05) is 34.6 Å². The minimum atomic E-state index is -0.131. The molecule has 140 valence electrons. The molecule has 0 bridgehead atoms. The van der Waals surface area contributed by atoms with Crippen LogP contribution in [0.2, 0.25) is 0 Å². The zero-order chi connectivity index (χ0) is 19.4. The first-order valence-corrected chi connectivity index (χ1v) is 9.87. The summed E-state index contributed by atoms with van der Waals surface area (Å²) in [5.74, 6) is 1.40. The second-order valence-electron chi connectivity index (χ2n) is 5.88. The maximum absolute atomic E-state index is 12.8. The lowest BCUT2D eigenvalue weighted by atomic mass is 10.2. The average Bonchev–Trinajstić information content (AvgIpc) is 3.17. The fraction of sp³-hybridized carbons (Fsp3) is 0.200. The van der Waals surface area contributed by atoms with Gasteiger partial charge in [-0.2, -0.15) is 0 Å². The molecule has 0 spiro atoms. The summed E-state index contributed by atoms with van der Waals surface area (Å²) in [6.45, 7) is 0.427. The third-order valence-corrected chi connectivity index (χ3v) is 5.44. The highest BCUT2D eigenvalue weighted by Gasteiger charge is 2.18. The number of carbonyl (C=O) groups is 1. The molecule has 0 saturated carbocycles. The van der Waals surface area contributed by atoms with E-state index in [2.05, 4.69) is 20.9 Å². The minimum absolute atomic E-state index is 0.131. The van der Waals surface area contributed by atoms with Crippen molar-refractivity contribution in [3.05, 3.63) is 63.6 Å². The lowest BCUT2D eigenvalue weighted by Crippen LogP contribution is -2.26. The van der Waals surface area contributed by atoms with Crippen molar-refractivity contribution >= 4 is 33.2 Å². The number of hydrogen-bond donors (Lipinski definition) is 0. The van der Waals surface area contributed by atoms with Crippen molar-refractivity contribution in [2.24, 2.45) is 0 Å². The van der Waals surface area contributed by atoms with Crippen LogP contribution >= 0.6 is 27.3 Å². The molecule has 27 heavy (non-hydrogen) atoms. The summed E-state index contributed by atoms with van der Waals surface area (Å²) < 4.78 is 11.5. The number of aromatic nitrogens is 1. The number of halogens is 1. The largest absolute Gasteiger partial charge is 0.497 e. The van der Waals surface area contributed by atoms with Gasteiger partial charge in [-0.05, 0) is 42.5 Å². The molecule has 0 N–H and O–H groups in total. The normalized spacial score (nSPS) is 10.5. The van der Waals surface area contributed by atoms with Gasteiger partial charge in [-0.25, -0.2) is 4.98 Å². The molecule has 1 amide bonds. The van der Waals surface area contributed by atoms with Gasteiger partial charge in [-0.15, -0.1) is 11.3 Å². The van der Waals surface area contributed by atoms with E-state index >= 15 is 0 Å². The van der Waals surface area contributed by atoms with Crippen LogP contribution in [0.25, 0.3) is 10.6 Å². The Morgan fingerprint density at radius 2 is 1.89 bits per heavy atom. The Morgan fingerprint density at radius 3 is 2.56 bits per heavy atom. The molecule has 7 heteroatoms. The molecule has 0 aliphatic carbocycles. The van der Waals surface area contributed by atoms with Crippen molar-refractivity contribution < 1.29 is 14.3 Å². The van der Waals surface area contributed by atoms with Crippen LogP contribution in [0.1, 0.15) is 16.1 Å². The average molecular weight is 447 g/mol. The Kier molecular flexibility index (Phi) is 6.13. The fourth-order valence-corrected chi connectivity index (χ4v) is 3.84. The molecule has 0 saturated heterocycles. The maximum atomic E-state index is 12.8. The van der Waals surface area contributed by atoms with Gasteiger partial charge in [0.25, 0.3) is 5.91 Å². The third kappa shape index (κ3) is 4.48. The topological polar surface area (TPSA) is 51.7 Å². The van der Waals surface area contributed by atoms with Crippen LogP contribution in [0, 0.1) is 0 Å². The van der Waals surface area contributed by atoms with E-state index in [1.807, 2.05) is 42.5 Å². The number of methoxy groups -OCH3 is 2. The van der Waals surface area contributed by atoms with E-state index < -0.39 is 0 Å². The molecule has 0 radical (unpaired) electrons. The van der Waals surface area contributed by atoms with Gasteiger partial charge >= 0.3 is 0 Å². The molecule has 1 aromatic heterocycles. The van der Waals surface area contributed by atoms with Crippen LogP contribution < -0.4 is 9.47 Å². The predicted molar refractivity (Wildman–Crippen MR) is 111 cm³/mol. The van der Waals surface area contributed by atoms with Crippen LogP contribution in [-0.2, 0) is 6.54 Å². The SMILES string of the molecule is COc1ccc(-c2nc(C(=O)N(C)Cc3cc(Br)ccc3OC)cs2)cc1. The van der Waals surface area contributed by atoms with Gasteiger partial charge in [0.1, 0.15) is 22.2 Å². The van der Waals surface area contributed by atoms with Crippen molar-refractivity contribution in [2.45, 2.75) is 6.54 Å². The summed E-state index contributed by atoms with van der Waals surface area (Å²) in [7, 11) is 5.01. The monoisotopic (exact) mass is 446 g/mol. The van der Waals surface area contributed by atoms with E-state index in [9.17, 15) is 4.79 Å². The van der Waals surface area contributed by atoms with Crippen LogP contribution in [-0.4, -0.2) is 37.1 Å². The van der Waals surface area contributed by atoms with Crippen molar-refractivity contribution in [3.63, 3.8) is 0 Å². The number of ether oxygens (including phenoxy) is 2. The van der Waals surface area contributed by atoms with Crippen LogP contribution in [0.3, 0.4) is 0 Å². The number of hydrogen-bond acceptors (Lipinski definition) is 5. The highest BCUT2D eigenvalue weighted by atomic mass is 79.9. The van der Waals surface area contributed by atoms with Gasteiger partial charge in [0.05, 0.1) is 14.2 Å².